The van der Waals surface area contributed by atoms with E-state index in [1.165, 1.54) is 0 Å². The highest BCUT2D eigenvalue weighted by atomic mass is 32.2. The molecule has 1 aliphatic heterocycles. The van der Waals surface area contributed by atoms with Crippen molar-refractivity contribution in [3.05, 3.63) is 35.4 Å². The monoisotopic (exact) mass is 361 g/mol. The molecule has 0 aromatic heterocycles. The van der Waals surface area contributed by atoms with Crippen LogP contribution in [-0.2, 0) is 16.6 Å². The molecule has 1 aromatic rings. The number of sulfonamides is 1. The van der Waals surface area contributed by atoms with Crippen LogP contribution in [0.25, 0.3) is 0 Å². The number of nitrogens with one attached hydrogen (secondary N) is 1. The average molecular weight is 361 g/mol. The second kappa shape index (κ2) is 8.00. The highest BCUT2D eigenvalue weighted by molar-refractivity contribution is 7.89. The fraction of sp³-hybridized carbons (Fsp3) is 0.533. The fourth-order valence-corrected chi connectivity index (χ4v) is 3.56. The number of hydrogen-bond donors (Lipinski definition) is 2. The second-order valence-electron chi connectivity index (χ2n) is 5.76. The van der Waals surface area contributed by atoms with Gasteiger partial charge < -0.3 is 11.1 Å². The van der Waals surface area contributed by atoms with Gasteiger partial charge in [0.25, 0.3) is 15.9 Å². The number of benzene rings is 1. The first kappa shape index (κ1) is 18.8. The normalized spacial score (nSPS) is 17.2. The Morgan fingerprint density at radius 1 is 1.25 bits per heavy atom. The molecular formula is C15H21F2N3O3S. The molecule has 0 unspecified atom stereocenters. The van der Waals surface area contributed by atoms with Crippen molar-refractivity contribution in [2.45, 2.75) is 25.1 Å². The molecular weight excluding hydrogens is 340 g/mol. The maximum atomic E-state index is 12.5. The van der Waals surface area contributed by atoms with Gasteiger partial charge in [0.05, 0.1) is 0 Å². The molecule has 24 heavy (non-hydrogen) atoms. The summed E-state index contributed by atoms with van der Waals surface area (Å²) in [7, 11) is -4.50. The predicted octanol–water partition coefficient (Wildman–Crippen LogP) is 1.14. The molecule has 0 aliphatic carbocycles. The van der Waals surface area contributed by atoms with Crippen molar-refractivity contribution in [1.82, 2.24) is 9.62 Å². The largest absolute Gasteiger partial charge is 0.352 e. The van der Waals surface area contributed by atoms with Crippen molar-refractivity contribution >= 4 is 15.9 Å². The lowest BCUT2D eigenvalue weighted by atomic mass is 9.98. The molecule has 1 saturated heterocycles. The molecule has 0 bridgehead atoms. The first-order chi connectivity index (χ1) is 11.3. The highest BCUT2D eigenvalue weighted by Gasteiger charge is 2.34. The van der Waals surface area contributed by atoms with Crippen LogP contribution in [0.1, 0.15) is 28.8 Å². The molecule has 3 N–H and O–H groups in total. The van der Waals surface area contributed by atoms with Crippen LogP contribution in [0.15, 0.2) is 24.3 Å². The Morgan fingerprint density at radius 2 is 1.83 bits per heavy atom. The number of halogens is 2. The Kier molecular flexibility index (Phi) is 6.25. The molecule has 6 nitrogen and oxygen atoms in total. The van der Waals surface area contributed by atoms with Crippen LogP contribution < -0.4 is 11.1 Å². The molecule has 0 spiro atoms. The van der Waals surface area contributed by atoms with Crippen LogP contribution in [0.3, 0.4) is 0 Å². The van der Waals surface area contributed by atoms with Gasteiger partial charge in [-0.1, -0.05) is 12.1 Å². The Hall–Kier alpha value is -1.58. The zero-order valence-electron chi connectivity index (χ0n) is 13.1. The molecule has 0 saturated carbocycles. The third-order valence-corrected chi connectivity index (χ3v) is 5.70. The number of hydrogen-bond acceptors (Lipinski definition) is 4. The van der Waals surface area contributed by atoms with E-state index >= 15 is 0 Å². The van der Waals surface area contributed by atoms with E-state index in [4.69, 9.17) is 5.73 Å². The lowest BCUT2D eigenvalue weighted by molar-refractivity contribution is 0.0941. The Morgan fingerprint density at radius 3 is 2.33 bits per heavy atom. The minimum Gasteiger partial charge on any atom is -0.352 e. The number of carbonyl (C=O) groups excluding carboxylic acids is 1. The molecule has 0 atom stereocenters. The summed E-state index contributed by atoms with van der Waals surface area (Å²) < 4.78 is 48.6. The van der Waals surface area contributed by atoms with Gasteiger partial charge in [0.2, 0.25) is 0 Å². The summed E-state index contributed by atoms with van der Waals surface area (Å²) in [5.41, 5.74) is 6.95. The molecule has 9 heteroatoms. The van der Waals surface area contributed by atoms with Crippen molar-refractivity contribution in [2.24, 2.45) is 11.7 Å². The van der Waals surface area contributed by atoms with Gasteiger partial charge >= 0.3 is 5.76 Å². The van der Waals surface area contributed by atoms with Gasteiger partial charge in [-0.3, -0.25) is 4.79 Å². The fourth-order valence-electron chi connectivity index (χ4n) is 2.61. The second-order valence-corrected chi connectivity index (χ2v) is 7.66. The molecule has 1 amide bonds. The van der Waals surface area contributed by atoms with E-state index in [1.807, 2.05) is 0 Å². The van der Waals surface area contributed by atoms with Crippen LogP contribution in [0, 0.1) is 5.92 Å². The molecule has 1 aliphatic rings. The molecule has 1 aromatic carbocycles. The van der Waals surface area contributed by atoms with E-state index in [1.54, 1.807) is 24.3 Å². The maximum absolute atomic E-state index is 12.5. The Balaban J connectivity index is 1.81. The lowest BCUT2D eigenvalue weighted by Gasteiger charge is -2.30. The number of carbonyl (C=O) groups is 1. The summed E-state index contributed by atoms with van der Waals surface area (Å²) in [6, 6.07) is 6.94. The Labute approximate surface area is 140 Å². The van der Waals surface area contributed by atoms with Gasteiger partial charge in [0.1, 0.15) is 0 Å². The summed E-state index contributed by atoms with van der Waals surface area (Å²) in [4.78, 5) is 12.1. The van der Waals surface area contributed by atoms with E-state index in [0.717, 1.165) is 9.87 Å². The van der Waals surface area contributed by atoms with Crippen LogP contribution >= 0.6 is 0 Å². The smallest absolute Gasteiger partial charge is 0.350 e. The van der Waals surface area contributed by atoms with Gasteiger partial charge in [-0.25, -0.2) is 8.42 Å². The van der Waals surface area contributed by atoms with Crippen molar-refractivity contribution in [1.29, 1.82) is 0 Å². The molecule has 2 rings (SSSR count). The van der Waals surface area contributed by atoms with Crippen molar-refractivity contribution < 1.29 is 22.0 Å². The number of piperidine rings is 1. The molecule has 134 valence electrons. The summed E-state index contributed by atoms with van der Waals surface area (Å²) in [5, 5.41) is 2.80. The van der Waals surface area contributed by atoms with Crippen molar-refractivity contribution in [3.8, 4) is 0 Å². The maximum Gasteiger partial charge on any atom is 0.350 e. The first-order valence-corrected chi connectivity index (χ1v) is 9.19. The first-order valence-electron chi connectivity index (χ1n) is 7.69. The summed E-state index contributed by atoms with van der Waals surface area (Å²) in [6.45, 7) is 0.902. The van der Waals surface area contributed by atoms with Gasteiger partial charge in [-0.2, -0.15) is 13.1 Å². The van der Waals surface area contributed by atoms with Gasteiger partial charge in [0, 0.05) is 31.7 Å². The zero-order valence-corrected chi connectivity index (χ0v) is 13.9. The summed E-state index contributed by atoms with van der Waals surface area (Å²) >= 11 is 0. The third-order valence-electron chi connectivity index (χ3n) is 4.16. The number of rotatable bonds is 6. The van der Waals surface area contributed by atoms with E-state index < -0.39 is 15.8 Å². The number of alkyl halides is 2. The van der Waals surface area contributed by atoms with E-state index in [2.05, 4.69) is 5.32 Å². The standard InChI is InChI=1S/C15H21F2N3O3S/c16-15(17)24(22,23)20-7-5-12(6-8-20)10-19-14(21)13-3-1-11(9-18)2-4-13/h1-4,12,15H,5-10,18H2,(H,19,21). The van der Waals surface area contributed by atoms with Crippen LogP contribution in [-0.4, -0.2) is 44.0 Å². The third kappa shape index (κ3) is 4.49. The molecule has 0 radical (unpaired) electrons. The van der Waals surface area contributed by atoms with Crippen LogP contribution in [0.2, 0.25) is 0 Å². The van der Waals surface area contributed by atoms with Gasteiger partial charge in [0.15, 0.2) is 0 Å². The predicted molar refractivity (Wildman–Crippen MR) is 85.9 cm³/mol. The average Bonchev–Trinajstić information content (AvgIpc) is 2.60. The number of nitrogens with two attached hydrogens (primary N) is 1. The zero-order chi connectivity index (χ0) is 17.7. The van der Waals surface area contributed by atoms with Crippen molar-refractivity contribution in [3.63, 3.8) is 0 Å². The van der Waals surface area contributed by atoms with Crippen LogP contribution in [0.4, 0.5) is 8.78 Å². The van der Waals surface area contributed by atoms with E-state index in [9.17, 15) is 22.0 Å². The van der Waals surface area contributed by atoms with Crippen LogP contribution in [0.5, 0.6) is 0 Å². The lowest BCUT2D eigenvalue weighted by Crippen LogP contribution is -2.43. The molecule has 1 fully saturated rings. The minimum absolute atomic E-state index is 0.0540. The quantitative estimate of drug-likeness (QED) is 0.795. The minimum atomic E-state index is -4.50. The summed E-state index contributed by atoms with van der Waals surface area (Å²) in [5.74, 6) is -3.53. The SMILES string of the molecule is NCc1ccc(C(=O)NCC2CCN(S(=O)(=O)C(F)F)CC2)cc1. The topological polar surface area (TPSA) is 92.5 Å². The summed E-state index contributed by atoms with van der Waals surface area (Å²) in [6.07, 6.45) is 0.886. The van der Waals surface area contributed by atoms with E-state index in [-0.39, 0.29) is 24.9 Å². The number of nitrogens with zero attached hydrogens (tertiary/aromatic N) is 1. The van der Waals surface area contributed by atoms with Crippen molar-refractivity contribution in [2.75, 3.05) is 19.6 Å². The van der Waals surface area contributed by atoms with Gasteiger partial charge in [-0.05, 0) is 36.5 Å². The van der Waals surface area contributed by atoms with Gasteiger partial charge in [-0.15, -0.1) is 0 Å². The highest BCUT2D eigenvalue weighted by Crippen LogP contribution is 2.22. The molecule has 1 heterocycles. The Bertz CT molecular complexity index is 657. The van der Waals surface area contributed by atoms with E-state index in [0.29, 0.717) is 31.5 Å². The number of amides is 1.